The van der Waals surface area contributed by atoms with E-state index >= 15 is 0 Å². The molecule has 1 aromatic rings. The second-order valence-electron chi connectivity index (χ2n) is 7.35. The first-order valence-electron chi connectivity index (χ1n) is 9.57. The van der Waals surface area contributed by atoms with Gasteiger partial charge in [-0.2, -0.15) is 0 Å². The van der Waals surface area contributed by atoms with E-state index in [4.69, 9.17) is 20.2 Å². The first-order valence-corrected chi connectivity index (χ1v) is 9.57. The normalized spacial score (nSPS) is 17.3. The maximum atomic E-state index is 12.4. The van der Waals surface area contributed by atoms with E-state index in [0.717, 1.165) is 0 Å². The van der Waals surface area contributed by atoms with E-state index in [1.807, 2.05) is 0 Å². The zero-order valence-corrected chi connectivity index (χ0v) is 17.6. The summed E-state index contributed by atoms with van der Waals surface area (Å²) < 4.78 is 11.1. The molecule has 2 aliphatic rings. The van der Waals surface area contributed by atoms with Crippen molar-refractivity contribution in [2.24, 2.45) is 5.73 Å². The number of benzene rings is 1. The zero-order chi connectivity index (χ0) is 22.0. The van der Waals surface area contributed by atoms with Crippen LogP contribution in [-0.4, -0.2) is 82.9 Å². The van der Waals surface area contributed by atoms with Crippen LogP contribution >= 0.6 is 12.4 Å². The number of aliphatic hydroxyl groups excluding tert-OH is 1. The fourth-order valence-electron chi connectivity index (χ4n) is 3.33. The summed E-state index contributed by atoms with van der Waals surface area (Å²) in [6.45, 7) is 1.41. The summed E-state index contributed by atoms with van der Waals surface area (Å²) in [5.41, 5.74) is 5.93. The van der Waals surface area contributed by atoms with Crippen LogP contribution in [0, 0.1) is 0 Å². The predicted octanol–water partition coefficient (Wildman–Crippen LogP) is -1.36. The van der Waals surface area contributed by atoms with E-state index in [-0.39, 0.29) is 48.5 Å². The second kappa shape index (κ2) is 10.2. The largest absolute Gasteiger partial charge is 0.535 e. The minimum Gasteiger partial charge on any atom is -0.535 e. The number of carbonyl (C=O) groups is 3. The van der Waals surface area contributed by atoms with Gasteiger partial charge in [-0.25, -0.2) is 4.79 Å². The molecule has 3 rings (SSSR count). The van der Waals surface area contributed by atoms with Gasteiger partial charge >= 0.3 is 13.1 Å². The van der Waals surface area contributed by atoms with Gasteiger partial charge in [0, 0.05) is 0 Å². The van der Waals surface area contributed by atoms with Crippen LogP contribution in [0.4, 0.5) is 0 Å². The number of carboxylic acid groups (broad SMARTS) is 1. The SMILES string of the molecule is CC(NC(=O)C(N)CO)C(=O)N1CC(Oc2ccc3c(c2C(=O)O)OB(O)CC3)C1.Cl. The molecule has 2 amide bonds. The minimum absolute atomic E-state index is 0. The third-order valence-corrected chi connectivity index (χ3v) is 5.05. The molecule has 0 aromatic heterocycles. The van der Waals surface area contributed by atoms with E-state index in [2.05, 4.69) is 5.32 Å². The number of halogens is 1. The Morgan fingerprint density at radius 3 is 2.68 bits per heavy atom. The number of rotatable bonds is 7. The Bertz CT molecular complexity index is 851. The Labute approximate surface area is 185 Å². The van der Waals surface area contributed by atoms with E-state index in [0.29, 0.717) is 18.3 Å². The monoisotopic (exact) mass is 457 g/mol. The van der Waals surface area contributed by atoms with Crippen molar-refractivity contribution < 1.29 is 39.0 Å². The zero-order valence-electron chi connectivity index (χ0n) is 16.8. The number of likely N-dealkylation sites (tertiary alicyclic amines) is 1. The highest BCUT2D eigenvalue weighted by Crippen LogP contribution is 2.37. The number of aromatic carboxylic acids is 1. The van der Waals surface area contributed by atoms with Gasteiger partial charge in [0.1, 0.15) is 35.3 Å². The molecule has 2 atom stereocenters. The quantitative estimate of drug-likeness (QED) is 0.310. The van der Waals surface area contributed by atoms with Gasteiger partial charge < -0.3 is 40.6 Å². The van der Waals surface area contributed by atoms with Crippen molar-refractivity contribution in [1.82, 2.24) is 10.2 Å². The smallest absolute Gasteiger partial charge is 0.522 e. The number of fused-ring (bicyclic) bond motifs is 1. The minimum atomic E-state index is -1.24. The molecule has 0 bridgehead atoms. The predicted molar refractivity (Wildman–Crippen MR) is 111 cm³/mol. The molecule has 13 heteroatoms. The lowest BCUT2D eigenvalue weighted by molar-refractivity contribution is -0.144. The highest BCUT2D eigenvalue weighted by molar-refractivity contribution is 6.44. The highest BCUT2D eigenvalue weighted by atomic mass is 35.5. The van der Waals surface area contributed by atoms with Gasteiger partial charge in [-0.1, -0.05) is 6.07 Å². The maximum absolute atomic E-state index is 12.4. The topological polar surface area (TPSA) is 172 Å². The maximum Gasteiger partial charge on any atom is 0.522 e. The number of amides is 2. The molecular formula is C18H25BClN3O8. The molecule has 31 heavy (non-hydrogen) atoms. The molecule has 0 aliphatic carbocycles. The van der Waals surface area contributed by atoms with Crippen LogP contribution in [0.2, 0.25) is 6.32 Å². The molecule has 1 saturated heterocycles. The molecule has 0 spiro atoms. The van der Waals surface area contributed by atoms with Gasteiger partial charge in [-0.3, -0.25) is 9.59 Å². The third-order valence-electron chi connectivity index (χ3n) is 5.05. The van der Waals surface area contributed by atoms with Crippen molar-refractivity contribution in [2.45, 2.75) is 37.9 Å². The number of aliphatic hydroxyl groups is 1. The molecule has 1 aromatic carbocycles. The standard InChI is InChI=1S/C18H24BN3O8.ClH/c1-9(21-16(24)12(20)8-23)17(25)22-6-11(7-22)29-13-3-2-10-4-5-19(28)30-15(10)14(13)18(26)27;/h2-3,9,11-12,23,28H,4-8,20H2,1H3,(H,21,24)(H,26,27);1H. The number of hydrogen-bond donors (Lipinski definition) is 5. The molecule has 2 heterocycles. The van der Waals surface area contributed by atoms with E-state index in [1.165, 1.54) is 11.8 Å². The number of carbonyl (C=O) groups excluding carboxylic acids is 2. The van der Waals surface area contributed by atoms with Gasteiger partial charge in [-0.05, 0) is 31.3 Å². The number of hydrogen-bond acceptors (Lipinski definition) is 8. The molecule has 6 N–H and O–H groups in total. The molecule has 11 nitrogen and oxygen atoms in total. The van der Waals surface area contributed by atoms with E-state index < -0.39 is 43.8 Å². The second-order valence-corrected chi connectivity index (χ2v) is 7.35. The van der Waals surface area contributed by atoms with Crippen molar-refractivity contribution >= 4 is 37.3 Å². The molecule has 0 radical (unpaired) electrons. The summed E-state index contributed by atoms with van der Waals surface area (Å²) in [5.74, 6) is -2.01. The summed E-state index contributed by atoms with van der Waals surface area (Å²) in [6.07, 6.45) is 0.442. The van der Waals surface area contributed by atoms with Crippen LogP contribution < -0.4 is 20.4 Å². The summed E-state index contributed by atoms with van der Waals surface area (Å²) in [5, 5.41) is 30.6. The van der Waals surface area contributed by atoms with Crippen molar-refractivity contribution in [3.63, 3.8) is 0 Å². The van der Waals surface area contributed by atoms with Gasteiger partial charge in [0.25, 0.3) is 0 Å². The molecule has 0 saturated carbocycles. The highest BCUT2D eigenvalue weighted by Gasteiger charge is 2.37. The average molecular weight is 458 g/mol. The average Bonchev–Trinajstić information content (AvgIpc) is 2.68. The van der Waals surface area contributed by atoms with Crippen LogP contribution in [0.5, 0.6) is 11.5 Å². The molecular weight excluding hydrogens is 432 g/mol. The Hall–Kier alpha value is -2.54. The lowest BCUT2D eigenvalue weighted by atomic mass is 9.78. The summed E-state index contributed by atoms with van der Waals surface area (Å²) in [4.78, 5) is 37.3. The lowest BCUT2D eigenvalue weighted by Crippen LogP contribution is -2.61. The van der Waals surface area contributed by atoms with E-state index in [9.17, 15) is 24.5 Å². The van der Waals surface area contributed by atoms with Crippen molar-refractivity contribution in [3.05, 3.63) is 23.3 Å². The van der Waals surface area contributed by atoms with Gasteiger partial charge in [0.2, 0.25) is 11.8 Å². The summed E-state index contributed by atoms with van der Waals surface area (Å²) in [6, 6.07) is 1.32. The van der Waals surface area contributed by atoms with Crippen LogP contribution in [-0.2, 0) is 16.0 Å². The fourth-order valence-corrected chi connectivity index (χ4v) is 3.33. The number of nitrogens with two attached hydrogens (primary N) is 1. The Balaban J connectivity index is 0.00000341. The molecule has 1 fully saturated rings. The molecule has 2 aliphatic heterocycles. The number of aryl methyl sites for hydroxylation is 1. The third kappa shape index (κ3) is 5.39. The first-order chi connectivity index (χ1) is 14.2. The van der Waals surface area contributed by atoms with Crippen LogP contribution in [0.1, 0.15) is 22.8 Å². The number of ether oxygens (including phenoxy) is 1. The van der Waals surface area contributed by atoms with Gasteiger partial charge in [0.05, 0.1) is 19.7 Å². The summed E-state index contributed by atoms with van der Waals surface area (Å²) >= 11 is 0. The summed E-state index contributed by atoms with van der Waals surface area (Å²) in [7, 11) is -1.07. The fraction of sp³-hybridized carbons (Fsp3) is 0.500. The Kier molecular flexibility index (Phi) is 8.12. The Morgan fingerprint density at radius 1 is 1.39 bits per heavy atom. The number of nitrogens with zero attached hydrogens (tertiary/aromatic N) is 1. The first kappa shape index (κ1) is 24.7. The number of carboxylic acids is 1. The molecule has 2 unspecified atom stereocenters. The van der Waals surface area contributed by atoms with Crippen molar-refractivity contribution in [1.29, 1.82) is 0 Å². The lowest BCUT2D eigenvalue weighted by Gasteiger charge is -2.40. The van der Waals surface area contributed by atoms with Crippen molar-refractivity contribution in [2.75, 3.05) is 19.7 Å². The van der Waals surface area contributed by atoms with Gasteiger partial charge in [0.15, 0.2) is 0 Å². The van der Waals surface area contributed by atoms with Crippen LogP contribution in [0.25, 0.3) is 0 Å². The van der Waals surface area contributed by atoms with Gasteiger partial charge in [-0.15, -0.1) is 12.4 Å². The van der Waals surface area contributed by atoms with Crippen LogP contribution in [0.3, 0.4) is 0 Å². The van der Waals surface area contributed by atoms with E-state index in [1.54, 1.807) is 12.1 Å². The van der Waals surface area contributed by atoms with Crippen molar-refractivity contribution in [3.8, 4) is 11.5 Å². The number of nitrogens with one attached hydrogen (secondary N) is 1. The van der Waals surface area contributed by atoms with Crippen LogP contribution in [0.15, 0.2) is 12.1 Å². The molecule has 170 valence electrons. The Morgan fingerprint density at radius 2 is 2.06 bits per heavy atom.